The Balaban J connectivity index is 1.60. The number of azo groups is 1. The summed E-state index contributed by atoms with van der Waals surface area (Å²) in [6.07, 6.45) is 9.20. The van der Waals surface area contributed by atoms with Gasteiger partial charge in [-0.2, -0.15) is 5.11 Å². The average Bonchev–Trinajstić information content (AvgIpc) is 2.84. The van der Waals surface area contributed by atoms with E-state index in [1.54, 1.807) is 6.92 Å². The molecule has 3 aromatic carbocycles. The van der Waals surface area contributed by atoms with E-state index in [4.69, 9.17) is 15.9 Å². The molecule has 0 spiro atoms. The van der Waals surface area contributed by atoms with E-state index < -0.39 is 0 Å². The van der Waals surface area contributed by atoms with Crippen LogP contribution in [0.5, 0.6) is 5.75 Å². The van der Waals surface area contributed by atoms with Gasteiger partial charge in [-0.05, 0) is 62.3 Å². The van der Waals surface area contributed by atoms with Crippen molar-refractivity contribution in [2.75, 3.05) is 13.2 Å². The molecule has 1 atom stereocenters. The number of nitrogens with zero attached hydrogens (tertiary/aromatic N) is 2. The van der Waals surface area contributed by atoms with Crippen LogP contribution >= 0.6 is 15.9 Å². The van der Waals surface area contributed by atoms with E-state index in [0.717, 1.165) is 42.0 Å². The highest BCUT2D eigenvalue weighted by Gasteiger charge is 2.10. The summed E-state index contributed by atoms with van der Waals surface area (Å²) in [7, 11) is 0. The number of hydrogen-bond donors (Lipinski definition) is 0. The van der Waals surface area contributed by atoms with Gasteiger partial charge in [0.25, 0.3) is 0 Å². The minimum absolute atomic E-state index is 0.220. The molecule has 6 heteroatoms. The number of alkyl halides is 1. The molecule has 0 amide bonds. The summed E-state index contributed by atoms with van der Waals surface area (Å²) in [5, 5.41) is 11.0. The number of unbranched alkanes of at least 4 members (excludes halogenated alkanes) is 3. The zero-order valence-electron chi connectivity index (χ0n) is 18.7. The predicted octanol–water partition coefficient (Wildman–Crippen LogP) is 7.50. The van der Waals surface area contributed by atoms with E-state index in [-0.39, 0.29) is 10.8 Å². The van der Waals surface area contributed by atoms with Crippen LogP contribution in [0.2, 0.25) is 0 Å². The third-order valence-electron chi connectivity index (χ3n) is 5.01. The highest BCUT2D eigenvalue weighted by Crippen LogP contribution is 2.37. The Kier molecular flexibility index (Phi) is 9.46. The largest absolute Gasteiger partial charge is 0.491 e. The predicted molar refractivity (Wildman–Crippen MR) is 136 cm³/mol. The molecule has 0 fully saturated rings. The molecule has 0 aliphatic carbocycles. The first kappa shape index (κ1) is 24.5. The van der Waals surface area contributed by atoms with Gasteiger partial charge in [-0.3, -0.25) is 4.79 Å². The first-order valence-electron chi connectivity index (χ1n) is 11.0. The summed E-state index contributed by atoms with van der Waals surface area (Å²) in [6, 6.07) is 19.4. The van der Waals surface area contributed by atoms with Crippen molar-refractivity contribution in [3.05, 3.63) is 66.2 Å². The summed E-state index contributed by atoms with van der Waals surface area (Å²) >= 11 is 3.20. The molecule has 0 aliphatic heterocycles. The fourth-order valence-electron chi connectivity index (χ4n) is 3.25. The lowest BCUT2D eigenvalue weighted by atomic mass is 10.1. The van der Waals surface area contributed by atoms with Crippen LogP contribution in [0.1, 0.15) is 38.2 Å². The van der Waals surface area contributed by atoms with Gasteiger partial charge in [0.05, 0.1) is 18.9 Å². The van der Waals surface area contributed by atoms with Gasteiger partial charge in [0, 0.05) is 10.9 Å². The van der Waals surface area contributed by atoms with Crippen molar-refractivity contribution in [3.8, 4) is 18.1 Å². The Morgan fingerprint density at radius 2 is 1.79 bits per heavy atom. The highest BCUT2D eigenvalue weighted by molar-refractivity contribution is 9.10. The van der Waals surface area contributed by atoms with E-state index in [1.165, 1.54) is 0 Å². The minimum atomic E-state index is -0.263. The molecule has 0 aromatic heterocycles. The molecule has 1 unspecified atom stereocenters. The highest BCUT2D eigenvalue weighted by atomic mass is 79.9. The number of benzene rings is 3. The summed E-state index contributed by atoms with van der Waals surface area (Å²) in [4.78, 5) is 11.2. The number of esters is 1. The van der Waals surface area contributed by atoms with Crippen LogP contribution in [0, 0.1) is 12.3 Å². The van der Waals surface area contributed by atoms with Crippen LogP contribution in [0.25, 0.3) is 10.8 Å². The van der Waals surface area contributed by atoms with Crippen LogP contribution in [0.3, 0.4) is 0 Å². The number of hydrogen-bond acceptors (Lipinski definition) is 5. The fourth-order valence-corrected chi connectivity index (χ4v) is 3.38. The van der Waals surface area contributed by atoms with Crippen molar-refractivity contribution < 1.29 is 14.3 Å². The van der Waals surface area contributed by atoms with E-state index in [2.05, 4.69) is 32.1 Å². The number of halogens is 1. The summed E-state index contributed by atoms with van der Waals surface area (Å²) in [6.45, 7) is 2.78. The quantitative estimate of drug-likeness (QED) is 0.0888. The Labute approximate surface area is 203 Å². The second-order valence-corrected chi connectivity index (χ2v) is 8.95. The van der Waals surface area contributed by atoms with E-state index >= 15 is 0 Å². The van der Waals surface area contributed by atoms with E-state index in [0.29, 0.717) is 30.3 Å². The molecule has 3 aromatic rings. The van der Waals surface area contributed by atoms with Gasteiger partial charge < -0.3 is 9.47 Å². The molecule has 5 nitrogen and oxygen atoms in total. The second kappa shape index (κ2) is 12.8. The fraction of sp³-hybridized carbons (Fsp3) is 0.296. The molecule has 0 saturated heterocycles. The van der Waals surface area contributed by atoms with Crippen molar-refractivity contribution in [1.82, 2.24) is 0 Å². The van der Waals surface area contributed by atoms with Crippen LogP contribution in [-0.4, -0.2) is 24.0 Å². The van der Waals surface area contributed by atoms with Crippen molar-refractivity contribution >= 4 is 44.0 Å². The Morgan fingerprint density at radius 3 is 2.58 bits per heavy atom. The summed E-state index contributed by atoms with van der Waals surface area (Å²) in [5.41, 5.74) is 2.16. The Bertz CT molecular complexity index is 1150. The third-order valence-corrected chi connectivity index (χ3v) is 5.38. The third kappa shape index (κ3) is 7.44. The topological polar surface area (TPSA) is 60.3 Å². The Hall–Kier alpha value is -3.17. The van der Waals surface area contributed by atoms with E-state index in [9.17, 15) is 4.79 Å². The van der Waals surface area contributed by atoms with Gasteiger partial charge in [-0.25, -0.2) is 0 Å². The molecule has 0 bridgehead atoms. The number of carbonyl (C=O) groups is 1. The molecule has 0 saturated carbocycles. The van der Waals surface area contributed by atoms with Crippen molar-refractivity contribution in [3.63, 3.8) is 0 Å². The maximum absolute atomic E-state index is 11.4. The van der Waals surface area contributed by atoms with Gasteiger partial charge >= 0.3 is 5.97 Å². The number of carbonyl (C=O) groups excluding carboxylic acids is 1. The zero-order chi connectivity index (χ0) is 23.5. The number of rotatable bonds is 11. The lowest BCUT2D eigenvalue weighted by Gasteiger charge is -2.11. The molecule has 0 aliphatic rings. The van der Waals surface area contributed by atoms with Crippen LogP contribution < -0.4 is 4.74 Å². The molecule has 33 heavy (non-hydrogen) atoms. The van der Waals surface area contributed by atoms with Crippen LogP contribution in [0.4, 0.5) is 11.4 Å². The maximum atomic E-state index is 11.4. The molecular formula is C27H27BrN2O3. The number of fused-ring (bicyclic) bond motifs is 1. The van der Waals surface area contributed by atoms with Crippen molar-refractivity contribution in [2.24, 2.45) is 10.2 Å². The first-order valence-corrected chi connectivity index (χ1v) is 11.9. The molecule has 0 N–H and O–H groups in total. The normalized spacial score (nSPS) is 11.9. The van der Waals surface area contributed by atoms with Crippen molar-refractivity contribution in [2.45, 2.75) is 37.4 Å². The Morgan fingerprint density at radius 1 is 1.00 bits per heavy atom. The lowest BCUT2D eigenvalue weighted by molar-refractivity contribution is -0.142. The number of terminal acetylenes is 1. The molecule has 170 valence electrons. The zero-order valence-corrected chi connectivity index (χ0v) is 20.3. The van der Waals surface area contributed by atoms with Crippen LogP contribution in [0.15, 0.2) is 70.9 Å². The first-order chi connectivity index (χ1) is 16.1. The van der Waals surface area contributed by atoms with Gasteiger partial charge in [0.15, 0.2) is 0 Å². The van der Waals surface area contributed by atoms with Gasteiger partial charge in [-0.15, -0.1) is 11.5 Å². The smallest absolute Gasteiger partial charge is 0.319 e. The summed E-state index contributed by atoms with van der Waals surface area (Å²) < 4.78 is 11.2. The van der Waals surface area contributed by atoms with Gasteiger partial charge in [0.1, 0.15) is 16.3 Å². The molecule has 3 rings (SSSR count). The van der Waals surface area contributed by atoms with Crippen molar-refractivity contribution in [1.29, 1.82) is 0 Å². The number of ether oxygens (including phenoxy) is 2. The standard InChI is InChI=1S/C27H27BrN2O3/c1-3-21-11-10-13-23(19-21)29-30-26-24-14-7-6-12-22(24)15-16-25(26)32-17-8-4-5-9-18-33-27(31)20(2)28/h1,6-7,10-16,19-20H,4-5,8-9,17-18H2,2H3. The van der Waals surface area contributed by atoms with E-state index in [1.807, 2.05) is 60.7 Å². The molecule has 0 heterocycles. The average molecular weight is 507 g/mol. The maximum Gasteiger partial charge on any atom is 0.319 e. The molecule has 0 radical (unpaired) electrons. The van der Waals surface area contributed by atoms with Gasteiger partial charge in [0.2, 0.25) is 0 Å². The SMILES string of the molecule is C#Cc1cccc(N=Nc2c(OCCCCCCOC(=O)C(C)Br)ccc3ccccc23)c1. The summed E-state index contributed by atoms with van der Waals surface area (Å²) in [5.74, 6) is 3.10. The van der Waals surface area contributed by atoms with Crippen LogP contribution in [-0.2, 0) is 9.53 Å². The second-order valence-electron chi connectivity index (χ2n) is 7.57. The lowest BCUT2D eigenvalue weighted by Crippen LogP contribution is -2.14. The van der Waals surface area contributed by atoms with Gasteiger partial charge in [-0.1, -0.05) is 58.2 Å². The monoisotopic (exact) mass is 506 g/mol. The molecular weight excluding hydrogens is 480 g/mol. The minimum Gasteiger partial charge on any atom is -0.491 e.